The Morgan fingerprint density at radius 2 is 1.45 bits per heavy atom. The lowest BCUT2D eigenvalue weighted by molar-refractivity contribution is 0.0600. The number of likely N-dealkylation sites (N-methyl/N-ethyl adjacent to an activating group) is 1. The van der Waals surface area contributed by atoms with Crippen LogP contribution in [-0.4, -0.2) is 26.2 Å². The van der Waals surface area contributed by atoms with Crippen LogP contribution in [0.1, 0.15) is 39.9 Å². The Kier molecular flexibility index (Phi) is 8.46. The lowest BCUT2D eigenvalue weighted by Crippen LogP contribution is -2.35. The number of hydrogen-bond acceptors (Lipinski definition) is 4. The van der Waals surface area contributed by atoms with Gasteiger partial charge in [0.15, 0.2) is 0 Å². The van der Waals surface area contributed by atoms with Gasteiger partial charge in [-0.25, -0.2) is 4.79 Å². The van der Waals surface area contributed by atoms with E-state index in [-0.39, 0.29) is 17.9 Å². The molecule has 0 aliphatic heterocycles. The number of esters is 1. The van der Waals surface area contributed by atoms with Gasteiger partial charge in [0.25, 0.3) is 0 Å². The third-order valence-corrected chi connectivity index (χ3v) is 7.69. The Balaban J connectivity index is 1.42. The number of anilines is 1. The first-order chi connectivity index (χ1) is 19.5. The molecule has 5 aromatic rings. The van der Waals surface area contributed by atoms with E-state index in [0.29, 0.717) is 12.2 Å². The van der Waals surface area contributed by atoms with Crippen molar-refractivity contribution >= 4 is 22.4 Å². The molecule has 0 saturated carbocycles. The molecule has 0 fully saturated rings. The van der Waals surface area contributed by atoms with Crippen molar-refractivity contribution in [2.24, 2.45) is 0 Å². The summed E-state index contributed by atoms with van der Waals surface area (Å²) in [4.78, 5) is 14.4. The van der Waals surface area contributed by atoms with Gasteiger partial charge in [0.2, 0.25) is 0 Å². The van der Waals surface area contributed by atoms with Gasteiger partial charge >= 0.3 is 5.97 Å². The summed E-state index contributed by atoms with van der Waals surface area (Å²) in [5.74, 6) is 0.714. The normalized spacial score (nSPS) is 12.5. The van der Waals surface area contributed by atoms with E-state index in [1.807, 2.05) is 42.5 Å². The molecule has 2 atom stereocenters. The Labute approximate surface area is 236 Å². The van der Waals surface area contributed by atoms with Crippen LogP contribution < -0.4 is 9.64 Å². The molecule has 0 aliphatic rings. The SMILES string of the molecule is COC(=O)c1ccc(C(Cc2cccc(COc3ccccc3)c2)C(C)N(C)c2ccc3ccccc3c2)cc1. The molecule has 0 aromatic heterocycles. The van der Waals surface area contributed by atoms with Gasteiger partial charge in [-0.15, -0.1) is 0 Å². The van der Waals surface area contributed by atoms with Crippen molar-refractivity contribution in [3.05, 3.63) is 144 Å². The largest absolute Gasteiger partial charge is 0.489 e. The van der Waals surface area contributed by atoms with E-state index in [0.717, 1.165) is 17.7 Å². The van der Waals surface area contributed by atoms with Crippen molar-refractivity contribution in [2.75, 3.05) is 19.1 Å². The van der Waals surface area contributed by atoms with Crippen LogP contribution in [-0.2, 0) is 17.8 Å². The number of benzene rings is 5. The molecule has 0 N–H and O–H groups in total. The van der Waals surface area contributed by atoms with E-state index in [4.69, 9.17) is 9.47 Å². The lowest BCUT2D eigenvalue weighted by atomic mass is 9.85. The lowest BCUT2D eigenvalue weighted by Gasteiger charge is -2.34. The third-order valence-electron chi connectivity index (χ3n) is 7.69. The molecule has 4 nitrogen and oxygen atoms in total. The molecule has 5 rings (SSSR count). The fraction of sp³-hybridized carbons (Fsp3) is 0.194. The maximum atomic E-state index is 12.1. The van der Waals surface area contributed by atoms with Gasteiger partial charge in [0, 0.05) is 24.7 Å². The average Bonchev–Trinajstić information content (AvgIpc) is 3.02. The van der Waals surface area contributed by atoms with Crippen molar-refractivity contribution < 1.29 is 14.3 Å². The van der Waals surface area contributed by atoms with Crippen molar-refractivity contribution in [3.8, 4) is 5.75 Å². The number of rotatable bonds is 10. The Hall–Kier alpha value is -4.57. The van der Waals surface area contributed by atoms with Crippen LogP contribution in [0.3, 0.4) is 0 Å². The maximum Gasteiger partial charge on any atom is 0.337 e. The molecule has 4 heteroatoms. The minimum atomic E-state index is -0.324. The van der Waals surface area contributed by atoms with Gasteiger partial charge in [0.05, 0.1) is 12.7 Å². The van der Waals surface area contributed by atoms with E-state index in [1.54, 1.807) is 0 Å². The maximum absolute atomic E-state index is 12.1. The Morgan fingerprint density at radius 1 is 0.750 bits per heavy atom. The monoisotopic (exact) mass is 529 g/mol. The van der Waals surface area contributed by atoms with Crippen LogP contribution in [0.15, 0.2) is 121 Å². The number of ether oxygens (including phenoxy) is 2. The molecular weight excluding hydrogens is 494 g/mol. The number of nitrogens with zero attached hydrogens (tertiary/aromatic N) is 1. The zero-order chi connectivity index (χ0) is 27.9. The predicted octanol–water partition coefficient (Wildman–Crippen LogP) is 8.06. The fourth-order valence-electron chi connectivity index (χ4n) is 5.24. The van der Waals surface area contributed by atoms with Crippen molar-refractivity contribution in [2.45, 2.75) is 31.9 Å². The van der Waals surface area contributed by atoms with E-state index in [1.165, 1.54) is 34.7 Å². The molecular formula is C36H35NO3. The molecule has 0 saturated heterocycles. The van der Waals surface area contributed by atoms with E-state index < -0.39 is 0 Å². The van der Waals surface area contributed by atoms with Crippen LogP contribution >= 0.6 is 0 Å². The molecule has 40 heavy (non-hydrogen) atoms. The molecule has 0 spiro atoms. The number of carbonyl (C=O) groups excluding carboxylic acids is 1. The highest BCUT2D eigenvalue weighted by Gasteiger charge is 2.24. The highest BCUT2D eigenvalue weighted by atomic mass is 16.5. The molecule has 0 heterocycles. The summed E-state index contributed by atoms with van der Waals surface area (Å²) in [6.07, 6.45) is 0.843. The second-order valence-corrected chi connectivity index (χ2v) is 10.2. The van der Waals surface area contributed by atoms with Gasteiger partial charge in [-0.1, -0.05) is 84.9 Å². The van der Waals surface area contributed by atoms with E-state index in [9.17, 15) is 4.79 Å². The highest BCUT2D eigenvalue weighted by Crippen LogP contribution is 2.32. The molecule has 0 radical (unpaired) electrons. The summed E-state index contributed by atoms with van der Waals surface area (Å²) in [5, 5.41) is 2.46. The minimum Gasteiger partial charge on any atom is -0.489 e. The topological polar surface area (TPSA) is 38.8 Å². The first-order valence-corrected chi connectivity index (χ1v) is 13.7. The van der Waals surface area contributed by atoms with E-state index in [2.05, 4.69) is 97.7 Å². The Morgan fingerprint density at radius 3 is 2.20 bits per heavy atom. The van der Waals surface area contributed by atoms with Gasteiger partial charge in [-0.05, 0) is 77.2 Å². The van der Waals surface area contributed by atoms with Crippen LogP contribution in [0.2, 0.25) is 0 Å². The highest BCUT2D eigenvalue weighted by molar-refractivity contribution is 5.89. The molecule has 2 unspecified atom stereocenters. The van der Waals surface area contributed by atoms with Gasteiger partial charge in [0.1, 0.15) is 12.4 Å². The molecule has 5 aromatic carbocycles. The van der Waals surface area contributed by atoms with E-state index >= 15 is 0 Å². The van der Waals surface area contributed by atoms with Crippen molar-refractivity contribution in [1.29, 1.82) is 0 Å². The number of fused-ring (bicyclic) bond motifs is 1. The van der Waals surface area contributed by atoms with Crippen molar-refractivity contribution in [1.82, 2.24) is 0 Å². The standard InChI is InChI=1S/C36H35NO3/c1-26(37(2)33-21-20-29-12-7-8-13-32(29)24-33)35(30-16-18-31(19-17-30)36(38)39-3)23-27-10-9-11-28(22-27)25-40-34-14-5-4-6-15-34/h4-22,24,26,35H,23,25H2,1-3H3. The summed E-state index contributed by atoms with van der Waals surface area (Å²) < 4.78 is 10.9. The zero-order valence-electron chi connectivity index (χ0n) is 23.3. The summed E-state index contributed by atoms with van der Waals surface area (Å²) in [5.41, 5.74) is 5.29. The molecule has 0 amide bonds. The number of carbonyl (C=O) groups is 1. The zero-order valence-corrected chi connectivity index (χ0v) is 23.3. The third kappa shape index (κ3) is 6.35. The summed E-state index contributed by atoms with van der Waals surface area (Å²) >= 11 is 0. The van der Waals surface area contributed by atoms with Crippen molar-refractivity contribution in [3.63, 3.8) is 0 Å². The van der Waals surface area contributed by atoms with Gasteiger partial charge in [-0.3, -0.25) is 0 Å². The number of para-hydroxylation sites is 1. The minimum absolute atomic E-state index is 0.174. The predicted molar refractivity (Wildman–Crippen MR) is 163 cm³/mol. The fourth-order valence-corrected chi connectivity index (χ4v) is 5.24. The quantitative estimate of drug-likeness (QED) is 0.172. The van der Waals surface area contributed by atoms with Gasteiger partial charge < -0.3 is 14.4 Å². The summed E-state index contributed by atoms with van der Waals surface area (Å²) in [6, 6.07) is 41.6. The number of methoxy groups -OCH3 is 1. The average molecular weight is 530 g/mol. The van der Waals surface area contributed by atoms with Crippen LogP contribution in [0.25, 0.3) is 10.8 Å². The number of hydrogen-bond donors (Lipinski definition) is 0. The summed E-state index contributed by atoms with van der Waals surface area (Å²) in [7, 11) is 3.57. The smallest absolute Gasteiger partial charge is 0.337 e. The first kappa shape index (κ1) is 27.0. The molecule has 202 valence electrons. The second-order valence-electron chi connectivity index (χ2n) is 10.2. The molecule has 0 aliphatic carbocycles. The summed E-state index contributed by atoms with van der Waals surface area (Å²) in [6.45, 7) is 2.79. The first-order valence-electron chi connectivity index (χ1n) is 13.7. The van der Waals surface area contributed by atoms with Crippen LogP contribution in [0.4, 0.5) is 5.69 Å². The Bertz CT molecular complexity index is 1560. The van der Waals surface area contributed by atoms with Gasteiger partial charge in [-0.2, -0.15) is 0 Å². The second kappa shape index (κ2) is 12.5. The van der Waals surface area contributed by atoms with Crippen LogP contribution in [0.5, 0.6) is 5.75 Å². The molecule has 0 bridgehead atoms. The van der Waals surface area contributed by atoms with Crippen LogP contribution in [0, 0.1) is 0 Å².